The first-order valence-electron chi connectivity index (χ1n) is 7.30. The van der Waals surface area contributed by atoms with Crippen molar-refractivity contribution in [3.8, 4) is 0 Å². The Bertz CT molecular complexity index is 640. The van der Waals surface area contributed by atoms with Gasteiger partial charge in [-0.05, 0) is 24.1 Å². The fraction of sp³-hybridized carbons (Fsp3) is 0.438. The summed E-state index contributed by atoms with van der Waals surface area (Å²) in [7, 11) is 0. The third-order valence-electron chi connectivity index (χ3n) is 3.73. The molecule has 1 aromatic heterocycles. The summed E-state index contributed by atoms with van der Waals surface area (Å²) in [5, 5.41) is 0.540. The van der Waals surface area contributed by atoms with Gasteiger partial charge in [0.25, 0.3) is 0 Å². The minimum atomic E-state index is -4.28. The molecule has 1 aromatic carbocycles. The topological polar surface area (TPSA) is 17.8 Å². The molecule has 0 aliphatic carbocycles. The Hall–Kier alpha value is -1.08. The molecule has 2 nitrogen and oxygen atoms in total. The molecule has 2 unspecified atom stereocenters. The van der Waals surface area contributed by atoms with Crippen LogP contribution in [0, 0.1) is 0 Å². The molecular weight excluding hydrogens is 341 g/mol. The van der Waals surface area contributed by atoms with E-state index in [0.29, 0.717) is 5.25 Å². The molecule has 23 heavy (non-hydrogen) atoms. The van der Waals surface area contributed by atoms with Gasteiger partial charge in [0.15, 0.2) is 0 Å². The molecular formula is C16H17F3N2S2. The van der Waals surface area contributed by atoms with Crippen molar-refractivity contribution in [3.05, 3.63) is 54.1 Å². The molecule has 2 atom stereocenters. The van der Waals surface area contributed by atoms with Crippen LogP contribution >= 0.6 is 23.5 Å². The molecule has 1 aliphatic heterocycles. The zero-order valence-electron chi connectivity index (χ0n) is 12.6. The molecule has 3 rings (SSSR count). The lowest BCUT2D eigenvalue weighted by Gasteiger charge is -2.28. The number of halogens is 3. The monoisotopic (exact) mass is 358 g/mol. The van der Waals surface area contributed by atoms with Gasteiger partial charge in [-0.2, -0.15) is 13.2 Å². The van der Waals surface area contributed by atoms with E-state index >= 15 is 0 Å². The SMILES string of the molecule is CC1CSC(Cc2ccc(C(F)(F)F)cc2)(Cn2ccnc2)S1. The first kappa shape index (κ1) is 16.8. The standard InChI is InChI=1S/C16H17F3N2S2/c1-12-9-22-15(23-12,10-21-7-6-20-11-21)8-13-2-4-14(5-3-13)16(17,18)19/h2-7,11-12H,8-10H2,1H3. The highest BCUT2D eigenvalue weighted by molar-refractivity contribution is 8.21. The number of rotatable bonds is 4. The molecule has 7 heteroatoms. The molecule has 0 saturated carbocycles. The fourth-order valence-electron chi connectivity index (χ4n) is 2.72. The smallest absolute Gasteiger partial charge is 0.335 e. The second kappa shape index (κ2) is 6.43. The van der Waals surface area contributed by atoms with E-state index in [1.165, 1.54) is 12.1 Å². The Morgan fingerprint density at radius 3 is 2.57 bits per heavy atom. The molecule has 2 aromatic rings. The number of benzene rings is 1. The van der Waals surface area contributed by atoms with Gasteiger partial charge in [0.1, 0.15) is 0 Å². The molecule has 1 fully saturated rings. The Labute approximate surface area is 141 Å². The molecule has 2 heterocycles. The van der Waals surface area contributed by atoms with Gasteiger partial charge in [-0.3, -0.25) is 0 Å². The van der Waals surface area contributed by atoms with E-state index in [-0.39, 0.29) is 4.08 Å². The molecule has 124 valence electrons. The average molecular weight is 358 g/mol. The van der Waals surface area contributed by atoms with Crippen LogP contribution in [-0.2, 0) is 19.1 Å². The van der Waals surface area contributed by atoms with Gasteiger partial charge in [0, 0.05) is 29.9 Å². The maximum atomic E-state index is 12.7. The maximum Gasteiger partial charge on any atom is 0.416 e. The number of hydrogen-bond acceptors (Lipinski definition) is 3. The highest BCUT2D eigenvalue weighted by Gasteiger charge is 2.40. The molecule has 0 bridgehead atoms. The maximum absolute atomic E-state index is 12.7. The van der Waals surface area contributed by atoms with E-state index in [4.69, 9.17) is 0 Å². The van der Waals surface area contributed by atoms with Crippen LogP contribution in [0.25, 0.3) is 0 Å². The Balaban J connectivity index is 1.79. The summed E-state index contributed by atoms with van der Waals surface area (Å²) in [5.74, 6) is 1.06. The van der Waals surface area contributed by atoms with E-state index in [1.54, 1.807) is 24.7 Å². The van der Waals surface area contributed by atoms with Crippen molar-refractivity contribution in [2.45, 2.75) is 35.4 Å². The number of hydrogen-bond donors (Lipinski definition) is 0. The summed E-state index contributed by atoms with van der Waals surface area (Å²) in [6, 6.07) is 5.55. The van der Waals surface area contributed by atoms with Crippen molar-refractivity contribution in [3.63, 3.8) is 0 Å². The quantitative estimate of drug-likeness (QED) is 0.788. The number of alkyl halides is 3. The predicted octanol–water partition coefficient (Wildman–Crippen LogP) is 4.71. The van der Waals surface area contributed by atoms with E-state index in [0.717, 1.165) is 24.3 Å². The molecule has 0 N–H and O–H groups in total. The van der Waals surface area contributed by atoms with Crippen LogP contribution in [0.5, 0.6) is 0 Å². The Morgan fingerprint density at radius 1 is 1.30 bits per heavy atom. The van der Waals surface area contributed by atoms with Gasteiger partial charge < -0.3 is 4.57 Å². The highest BCUT2D eigenvalue weighted by Crippen LogP contribution is 2.51. The number of nitrogens with zero attached hydrogens (tertiary/aromatic N) is 2. The van der Waals surface area contributed by atoms with Gasteiger partial charge in [0.05, 0.1) is 16.0 Å². The second-order valence-electron chi connectivity index (χ2n) is 5.76. The first-order chi connectivity index (χ1) is 10.9. The zero-order valence-corrected chi connectivity index (χ0v) is 14.2. The van der Waals surface area contributed by atoms with Crippen molar-refractivity contribution in [2.75, 3.05) is 5.75 Å². The van der Waals surface area contributed by atoms with Gasteiger partial charge >= 0.3 is 6.18 Å². The van der Waals surface area contributed by atoms with Crippen LogP contribution in [0.15, 0.2) is 43.0 Å². The fourth-order valence-corrected chi connectivity index (χ4v) is 6.42. The normalized spacial score (nSPS) is 25.0. The van der Waals surface area contributed by atoms with E-state index in [1.807, 2.05) is 34.3 Å². The third-order valence-corrected chi connectivity index (χ3v) is 7.33. The van der Waals surface area contributed by atoms with Crippen LogP contribution in [0.1, 0.15) is 18.1 Å². The minimum Gasteiger partial charge on any atom is -0.335 e. The number of aromatic nitrogens is 2. The summed E-state index contributed by atoms with van der Waals surface area (Å²) in [6.45, 7) is 2.99. The van der Waals surface area contributed by atoms with Crippen molar-refractivity contribution < 1.29 is 13.2 Å². The lowest BCUT2D eigenvalue weighted by molar-refractivity contribution is -0.137. The molecule has 1 saturated heterocycles. The molecule has 0 amide bonds. The second-order valence-corrected chi connectivity index (χ2v) is 9.24. The van der Waals surface area contributed by atoms with E-state index in [9.17, 15) is 13.2 Å². The van der Waals surface area contributed by atoms with Crippen LogP contribution in [0.3, 0.4) is 0 Å². The zero-order chi connectivity index (χ0) is 16.5. The average Bonchev–Trinajstić information content (AvgIpc) is 3.09. The van der Waals surface area contributed by atoms with Crippen molar-refractivity contribution in [2.24, 2.45) is 0 Å². The van der Waals surface area contributed by atoms with Crippen molar-refractivity contribution in [1.82, 2.24) is 9.55 Å². The van der Waals surface area contributed by atoms with Crippen molar-refractivity contribution >= 4 is 23.5 Å². The lowest BCUT2D eigenvalue weighted by Crippen LogP contribution is -2.27. The van der Waals surface area contributed by atoms with E-state index < -0.39 is 11.7 Å². The first-order valence-corrected chi connectivity index (χ1v) is 9.16. The van der Waals surface area contributed by atoms with Gasteiger partial charge in [0.2, 0.25) is 0 Å². The molecule has 0 spiro atoms. The molecule has 1 aliphatic rings. The largest absolute Gasteiger partial charge is 0.416 e. The lowest BCUT2D eigenvalue weighted by atomic mass is 10.1. The summed E-state index contributed by atoms with van der Waals surface area (Å²) in [6.07, 6.45) is 1.93. The highest BCUT2D eigenvalue weighted by atomic mass is 32.2. The summed E-state index contributed by atoms with van der Waals surface area (Å²) >= 11 is 3.80. The Kier molecular flexibility index (Phi) is 4.69. The molecule has 0 radical (unpaired) electrons. The Morgan fingerprint density at radius 2 is 2.04 bits per heavy atom. The summed E-state index contributed by atoms with van der Waals surface area (Å²) in [5.41, 5.74) is 0.345. The van der Waals surface area contributed by atoms with Crippen LogP contribution in [0.2, 0.25) is 0 Å². The number of imidazole rings is 1. The predicted molar refractivity (Wildman–Crippen MR) is 89.6 cm³/mol. The minimum absolute atomic E-state index is 0.0557. The summed E-state index contributed by atoms with van der Waals surface area (Å²) < 4.78 is 40.0. The van der Waals surface area contributed by atoms with Crippen LogP contribution < -0.4 is 0 Å². The third kappa shape index (κ3) is 4.07. The van der Waals surface area contributed by atoms with Crippen LogP contribution in [-0.4, -0.2) is 24.6 Å². The van der Waals surface area contributed by atoms with E-state index in [2.05, 4.69) is 11.9 Å². The van der Waals surface area contributed by atoms with Gasteiger partial charge in [-0.25, -0.2) is 4.98 Å². The van der Waals surface area contributed by atoms with Gasteiger partial charge in [-0.15, -0.1) is 23.5 Å². The summed E-state index contributed by atoms with van der Waals surface area (Å²) in [4.78, 5) is 4.08. The van der Waals surface area contributed by atoms with Crippen molar-refractivity contribution in [1.29, 1.82) is 0 Å². The van der Waals surface area contributed by atoms with Gasteiger partial charge in [-0.1, -0.05) is 19.1 Å². The van der Waals surface area contributed by atoms with Crippen LogP contribution in [0.4, 0.5) is 13.2 Å². The number of thioether (sulfide) groups is 2.